The zero-order valence-electron chi connectivity index (χ0n) is 10.1. The standard InChI is InChI=1S/C13H20N2O2/c14-10-13(6-3-8-16-11-13)17-9-5-12-4-1-2-7-15-12/h1-2,4,7H,3,5-6,8-11,14H2. The van der Waals surface area contributed by atoms with Gasteiger partial charge in [0.15, 0.2) is 0 Å². The van der Waals surface area contributed by atoms with Gasteiger partial charge in [0.25, 0.3) is 0 Å². The number of aromatic nitrogens is 1. The Kier molecular flexibility index (Phi) is 4.48. The van der Waals surface area contributed by atoms with E-state index < -0.39 is 0 Å². The highest BCUT2D eigenvalue weighted by Crippen LogP contribution is 2.22. The third-order valence-corrected chi connectivity index (χ3v) is 3.15. The molecule has 2 heterocycles. The monoisotopic (exact) mass is 236 g/mol. The first-order valence-corrected chi connectivity index (χ1v) is 6.16. The Balaban J connectivity index is 1.80. The van der Waals surface area contributed by atoms with Crippen LogP contribution in [-0.4, -0.2) is 37.0 Å². The summed E-state index contributed by atoms with van der Waals surface area (Å²) < 4.78 is 11.4. The van der Waals surface area contributed by atoms with E-state index in [0.717, 1.165) is 31.6 Å². The van der Waals surface area contributed by atoms with Crippen LogP contribution in [0.4, 0.5) is 0 Å². The fourth-order valence-corrected chi connectivity index (χ4v) is 2.08. The van der Waals surface area contributed by atoms with Crippen LogP contribution < -0.4 is 5.73 Å². The van der Waals surface area contributed by atoms with Crippen molar-refractivity contribution in [3.63, 3.8) is 0 Å². The summed E-state index contributed by atoms with van der Waals surface area (Å²) in [5.74, 6) is 0. The number of nitrogens with two attached hydrogens (primary N) is 1. The highest BCUT2D eigenvalue weighted by Gasteiger charge is 2.32. The lowest BCUT2D eigenvalue weighted by Gasteiger charge is -2.35. The molecule has 0 spiro atoms. The van der Waals surface area contributed by atoms with E-state index in [1.807, 2.05) is 18.2 Å². The SMILES string of the molecule is NCC1(OCCc2ccccn2)CCCOC1. The van der Waals surface area contributed by atoms with E-state index in [9.17, 15) is 0 Å². The number of hydrogen-bond acceptors (Lipinski definition) is 4. The average Bonchev–Trinajstić information content (AvgIpc) is 2.41. The summed E-state index contributed by atoms with van der Waals surface area (Å²) in [6.45, 7) is 2.61. The third-order valence-electron chi connectivity index (χ3n) is 3.15. The molecule has 1 aromatic heterocycles. The van der Waals surface area contributed by atoms with Gasteiger partial charge in [-0.15, -0.1) is 0 Å². The van der Waals surface area contributed by atoms with Crippen molar-refractivity contribution in [1.29, 1.82) is 0 Å². The molecule has 1 fully saturated rings. The molecule has 0 bridgehead atoms. The van der Waals surface area contributed by atoms with Crippen molar-refractivity contribution >= 4 is 0 Å². The predicted octanol–water partition coefficient (Wildman–Crippen LogP) is 1.15. The summed E-state index contributed by atoms with van der Waals surface area (Å²) in [6.07, 6.45) is 4.65. The van der Waals surface area contributed by atoms with Crippen molar-refractivity contribution in [3.05, 3.63) is 30.1 Å². The van der Waals surface area contributed by atoms with Crippen molar-refractivity contribution in [2.75, 3.05) is 26.4 Å². The largest absolute Gasteiger partial charge is 0.378 e. The van der Waals surface area contributed by atoms with Crippen LogP contribution in [0.5, 0.6) is 0 Å². The maximum Gasteiger partial charge on any atom is 0.104 e. The van der Waals surface area contributed by atoms with Gasteiger partial charge in [-0.25, -0.2) is 0 Å². The van der Waals surface area contributed by atoms with E-state index in [2.05, 4.69) is 4.98 Å². The lowest BCUT2D eigenvalue weighted by Crippen LogP contribution is -2.48. The highest BCUT2D eigenvalue weighted by atomic mass is 16.5. The van der Waals surface area contributed by atoms with E-state index in [1.165, 1.54) is 0 Å². The van der Waals surface area contributed by atoms with Crippen molar-refractivity contribution in [1.82, 2.24) is 4.98 Å². The maximum atomic E-state index is 5.93. The molecule has 1 saturated heterocycles. The second-order valence-electron chi connectivity index (χ2n) is 4.46. The summed E-state index contributed by atoms with van der Waals surface area (Å²) in [6, 6.07) is 5.92. The summed E-state index contributed by atoms with van der Waals surface area (Å²) >= 11 is 0. The fraction of sp³-hybridized carbons (Fsp3) is 0.615. The van der Waals surface area contributed by atoms with Gasteiger partial charge in [-0.1, -0.05) is 6.07 Å². The van der Waals surface area contributed by atoms with Crippen LogP contribution in [0.2, 0.25) is 0 Å². The Morgan fingerprint density at radius 2 is 2.41 bits per heavy atom. The minimum atomic E-state index is -0.271. The molecule has 94 valence electrons. The molecule has 17 heavy (non-hydrogen) atoms. The van der Waals surface area contributed by atoms with Gasteiger partial charge in [0.05, 0.1) is 13.2 Å². The van der Waals surface area contributed by atoms with Crippen LogP contribution in [0, 0.1) is 0 Å². The zero-order valence-corrected chi connectivity index (χ0v) is 10.1. The van der Waals surface area contributed by atoms with Crippen molar-refractivity contribution in [2.24, 2.45) is 5.73 Å². The van der Waals surface area contributed by atoms with Gasteiger partial charge < -0.3 is 15.2 Å². The van der Waals surface area contributed by atoms with E-state index in [0.29, 0.717) is 19.8 Å². The van der Waals surface area contributed by atoms with Crippen molar-refractivity contribution in [3.8, 4) is 0 Å². The minimum Gasteiger partial charge on any atom is -0.378 e. The Hall–Kier alpha value is -0.970. The van der Waals surface area contributed by atoms with Gasteiger partial charge in [0.2, 0.25) is 0 Å². The molecule has 1 atom stereocenters. The van der Waals surface area contributed by atoms with Crippen molar-refractivity contribution < 1.29 is 9.47 Å². The van der Waals surface area contributed by atoms with Crippen molar-refractivity contribution in [2.45, 2.75) is 24.9 Å². The quantitative estimate of drug-likeness (QED) is 0.833. The van der Waals surface area contributed by atoms with Gasteiger partial charge in [-0.05, 0) is 25.0 Å². The molecular formula is C13H20N2O2. The molecule has 2 rings (SSSR count). The van der Waals surface area contributed by atoms with Crippen LogP contribution in [0.1, 0.15) is 18.5 Å². The number of nitrogens with zero attached hydrogens (tertiary/aromatic N) is 1. The molecule has 4 heteroatoms. The molecule has 0 amide bonds. The highest BCUT2D eigenvalue weighted by molar-refractivity contribution is 5.03. The van der Waals surface area contributed by atoms with E-state index in [-0.39, 0.29) is 5.60 Å². The van der Waals surface area contributed by atoms with Gasteiger partial charge >= 0.3 is 0 Å². The first-order valence-electron chi connectivity index (χ1n) is 6.16. The normalized spacial score (nSPS) is 24.8. The molecule has 0 aromatic carbocycles. The van der Waals surface area contributed by atoms with Gasteiger partial charge in [0.1, 0.15) is 5.60 Å². The van der Waals surface area contributed by atoms with Gasteiger partial charge in [0, 0.05) is 31.5 Å². The summed E-state index contributed by atoms with van der Waals surface area (Å²) in [5.41, 5.74) is 6.58. The molecule has 0 aliphatic carbocycles. The van der Waals surface area contributed by atoms with Gasteiger partial charge in [-0.2, -0.15) is 0 Å². The average molecular weight is 236 g/mol. The maximum absolute atomic E-state index is 5.93. The van der Waals surface area contributed by atoms with Crippen LogP contribution >= 0.6 is 0 Å². The lowest BCUT2D eigenvalue weighted by molar-refractivity contribution is -0.122. The van der Waals surface area contributed by atoms with Gasteiger partial charge in [-0.3, -0.25) is 4.98 Å². The van der Waals surface area contributed by atoms with E-state index >= 15 is 0 Å². The smallest absolute Gasteiger partial charge is 0.104 e. The molecule has 1 aliphatic rings. The molecule has 1 aromatic rings. The van der Waals surface area contributed by atoms with E-state index in [1.54, 1.807) is 6.20 Å². The molecule has 2 N–H and O–H groups in total. The molecule has 0 saturated carbocycles. The van der Waals surface area contributed by atoms with Crippen LogP contribution in [-0.2, 0) is 15.9 Å². The number of ether oxygens (including phenoxy) is 2. The molecule has 1 unspecified atom stereocenters. The van der Waals surface area contributed by atoms with Crippen LogP contribution in [0.15, 0.2) is 24.4 Å². The van der Waals surface area contributed by atoms with Crippen LogP contribution in [0.3, 0.4) is 0 Å². The molecule has 4 nitrogen and oxygen atoms in total. The molecule has 0 radical (unpaired) electrons. The first-order chi connectivity index (χ1) is 8.35. The first kappa shape index (κ1) is 12.5. The topological polar surface area (TPSA) is 57.4 Å². The molecular weight excluding hydrogens is 216 g/mol. The fourth-order valence-electron chi connectivity index (χ4n) is 2.08. The second kappa shape index (κ2) is 6.10. The zero-order chi connectivity index (χ0) is 12.0. The summed E-state index contributed by atoms with van der Waals surface area (Å²) in [5, 5.41) is 0. The van der Waals surface area contributed by atoms with E-state index in [4.69, 9.17) is 15.2 Å². The third kappa shape index (κ3) is 3.49. The number of pyridine rings is 1. The Morgan fingerprint density at radius 3 is 3.06 bits per heavy atom. The molecule has 1 aliphatic heterocycles. The van der Waals surface area contributed by atoms with Crippen LogP contribution in [0.25, 0.3) is 0 Å². The second-order valence-corrected chi connectivity index (χ2v) is 4.46. The Labute approximate surface area is 102 Å². The summed E-state index contributed by atoms with van der Waals surface area (Å²) in [7, 11) is 0. The number of hydrogen-bond donors (Lipinski definition) is 1. The minimum absolute atomic E-state index is 0.271. The lowest BCUT2D eigenvalue weighted by atomic mass is 9.96. The summed E-state index contributed by atoms with van der Waals surface area (Å²) in [4.78, 5) is 4.27. The number of rotatable bonds is 5. The predicted molar refractivity (Wildman–Crippen MR) is 65.7 cm³/mol. The Bertz CT molecular complexity index is 323. The Morgan fingerprint density at radius 1 is 1.47 bits per heavy atom.